The smallest absolute Gasteiger partial charge is 0.309 e. The Hall–Kier alpha value is -3.16. The second-order valence-corrected chi connectivity index (χ2v) is 10.9. The number of rotatable bonds is 8. The van der Waals surface area contributed by atoms with Gasteiger partial charge in [-0.1, -0.05) is 0 Å². The van der Waals surface area contributed by atoms with E-state index in [1.807, 2.05) is 48.6 Å². The van der Waals surface area contributed by atoms with E-state index in [4.69, 9.17) is 33.2 Å². The molecule has 0 aromatic heterocycles. The summed E-state index contributed by atoms with van der Waals surface area (Å²) in [4.78, 5) is 0. The number of ether oxygens (including phenoxy) is 7. The minimum absolute atomic E-state index is 0.515. The standard InChI is InChI=1S/C26H18O11/c27-25(28)21(35-25)23(9-1-13-14(2-9)31-13,10-3-15-16(4-10)32-15)37-24(22-26(29,30)36-22,11-5-17-18(6-11)33-17)12-7-19-20(8-12)34-19/h1-12,21-22,27-30H. The Bertz CT molecular complexity index is 1250. The van der Waals surface area contributed by atoms with Crippen molar-refractivity contribution in [2.24, 2.45) is 23.7 Å². The first-order valence-electron chi connectivity index (χ1n) is 12.1. The van der Waals surface area contributed by atoms with E-state index in [1.54, 1.807) is 0 Å². The largest absolute Gasteiger partial charge is 0.450 e. The van der Waals surface area contributed by atoms with Gasteiger partial charge in [-0.2, -0.15) is 0 Å². The number of hydrogen-bond acceptors (Lipinski definition) is 11. The molecule has 0 spiro atoms. The Morgan fingerprint density at radius 3 is 0.892 bits per heavy atom. The van der Waals surface area contributed by atoms with Gasteiger partial charge >= 0.3 is 11.9 Å². The molecule has 6 aliphatic heterocycles. The molecule has 0 saturated carbocycles. The van der Waals surface area contributed by atoms with E-state index in [-0.39, 0.29) is 0 Å². The average Bonchev–Trinajstić information content (AvgIpc) is 3.76. The van der Waals surface area contributed by atoms with Gasteiger partial charge in [-0.3, -0.25) is 0 Å². The van der Waals surface area contributed by atoms with Gasteiger partial charge in [-0.05, 0) is 48.6 Å². The van der Waals surface area contributed by atoms with E-state index in [1.165, 1.54) is 0 Å². The van der Waals surface area contributed by atoms with Gasteiger partial charge < -0.3 is 53.6 Å². The van der Waals surface area contributed by atoms with Gasteiger partial charge in [0.2, 0.25) is 0 Å². The predicted octanol–water partition coefficient (Wildman–Crippen LogP) is 0.266. The van der Waals surface area contributed by atoms with E-state index in [0.29, 0.717) is 46.1 Å². The van der Waals surface area contributed by atoms with Crippen molar-refractivity contribution in [3.63, 3.8) is 0 Å². The summed E-state index contributed by atoms with van der Waals surface area (Å²) < 4.78 is 40.1. The van der Waals surface area contributed by atoms with Crippen molar-refractivity contribution in [3.8, 4) is 0 Å². The van der Waals surface area contributed by atoms with Gasteiger partial charge in [0.25, 0.3) is 0 Å². The molecule has 11 heteroatoms. The van der Waals surface area contributed by atoms with Crippen molar-refractivity contribution < 1.29 is 53.6 Å². The fraction of sp³-hybridized carbons (Fsp3) is 0.385. The van der Waals surface area contributed by atoms with Crippen LogP contribution in [0, 0.1) is 23.7 Å². The summed E-state index contributed by atoms with van der Waals surface area (Å²) >= 11 is 0. The van der Waals surface area contributed by atoms with Gasteiger partial charge in [-0.25, -0.2) is 0 Å². The van der Waals surface area contributed by atoms with Crippen LogP contribution in [0.5, 0.6) is 0 Å². The lowest BCUT2D eigenvalue weighted by Gasteiger charge is -2.50. The van der Waals surface area contributed by atoms with Crippen LogP contribution in [0.3, 0.4) is 0 Å². The Kier molecular flexibility index (Phi) is 2.95. The Morgan fingerprint density at radius 2 is 0.703 bits per heavy atom. The molecule has 6 saturated heterocycles. The highest BCUT2D eigenvalue weighted by Crippen LogP contribution is 2.64. The molecule has 11 nitrogen and oxygen atoms in total. The summed E-state index contributed by atoms with van der Waals surface area (Å²) in [6.45, 7) is 0. The van der Waals surface area contributed by atoms with Gasteiger partial charge in [0.1, 0.15) is 11.2 Å². The van der Waals surface area contributed by atoms with Crippen LogP contribution in [-0.4, -0.2) is 55.8 Å². The molecule has 188 valence electrons. The molecule has 2 unspecified atom stereocenters. The maximum Gasteiger partial charge on any atom is 0.309 e. The summed E-state index contributed by atoms with van der Waals surface area (Å²) in [5.41, 5.74) is -2.93. The highest BCUT2D eigenvalue weighted by molar-refractivity contribution is 5.52. The third-order valence-corrected chi connectivity index (χ3v) is 8.74. The van der Waals surface area contributed by atoms with Crippen molar-refractivity contribution in [1.82, 2.24) is 0 Å². The zero-order valence-electron chi connectivity index (χ0n) is 18.7. The second-order valence-electron chi connectivity index (χ2n) is 10.9. The van der Waals surface area contributed by atoms with Gasteiger partial charge in [0.05, 0.1) is 0 Å². The first-order chi connectivity index (χ1) is 17.7. The van der Waals surface area contributed by atoms with Crippen LogP contribution in [0.2, 0.25) is 0 Å². The zero-order valence-corrected chi connectivity index (χ0v) is 18.7. The minimum Gasteiger partial charge on any atom is -0.450 e. The molecule has 2 atom stereocenters. The first-order valence-corrected chi connectivity index (χ1v) is 12.1. The average molecular weight is 506 g/mol. The van der Waals surface area contributed by atoms with Crippen LogP contribution in [0.15, 0.2) is 94.7 Å². The van der Waals surface area contributed by atoms with Crippen LogP contribution in [0.4, 0.5) is 0 Å². The van der Waals surface area contributed by atoms with E-state index < -0.39 is 59.0 Å². The van der Waals surface area contributed by atoms with E-state index in [0.717, 1.165) is 0 Å². The van der Waals surface area contributed by atoms with Crippen LogP contribution in [-0.2, 0) is 33.2 Å². The van der Waals surface area contributed by atoms with Crippen molar-refractivity contribution >= 4 is 0 Å². The van der Waals surface area contributed by atoms with E-state index in [9.17, 15) is 20.4 Å². The van der Waals surface area contributed by atoms with Crippen molar-refractivity contribution in [2.45, 2.75) is 35.4 Å². The molecule has 4 aliphatic carbocycles. The Balaban J connectivity index is 1.19. The number of hydrogen-bond donors (Lipinski definition) is 4. The van der Waals surface area contributed by atoms with Crippen LogP contribution in [0.25, 0.3) is 0 Å². The molecule has 0 bridgehead atoms. The number of epoxide rings is 6. The lowest BCUT2D eigenvalue weighted by molar-refractivity contribution is -0.230. The first kappa shape index (κ1) is 19.9. The second kappa shape index (κ2) is 5.49. The Morgan fingerprint density at radius 1 is 0.486 bits per heavy atom. The lowest BCUT2D eigenvalue weighted by Crippen LogP contribution is -2.63. The maximum absolute atomic E-state index is 10.7. The molecular formula is C26H18O11. The van der Waals surface area contributed by atoms with Gasteiger partial charge in [-0.15, -0.1) is 0 Å². The molecule has 10 rings (SSSR count). The van der Waals surface area contributed by atoms with Crippen LogP contribution in [0.1, 0.15) is 0 Å². The fourth-order valence-corrected chi connectivity index (χ4v) is 6.72. The normalized spacial score (nSPS) is 34.4. The topological polar surface area (TPSA) is 165 Å². The molecule has 4 N–H and O–H groups in total. The quantitative estimate of drug-likeness (QED) is 0.264. The molecule has 0 radical (unpaired) electrons. The summed E-state index contributed by atoms with van der Waals surface area (Å²) in [6.07, 6.45) is 12.5. The van der Waals surface area contributed by atoms with Gasteiger partial charge in [0.15, 0.2) is 58.3 Å². The molecule has 0 aromatic carbocycles. The lowest BCUT2D eigenvalue weighted by atomic mass is 9.69. The third kappa shape index (κ3) is 2.45. The maximum atomic E-state index is 10.7. The van der Waals surface area contributed by atoms with Crippen LogP contribution >= 0.6 is 0 Å². The van der Waals surface area contributed by atoms with Crippen molar-refractivity contribution in [3.05, 3.63) is 94.7 Å². The molecule has 6 heterocycles. The van der Waals surface area contributed by atoms with Crippen LogP contribution < -0.4 is 0 Å². The van der Waals surface area contributed by atoms with Crippen molar-refractivity contribution in [2.75, 3.05) is 0 Å². The number of fused-ring (bicyclic) bond motifs is 4. The third-order valence-electron chi connectivity index (χ3n) is 8.74. The summed E-state index contributed by atoms with van der Waals surface area (Å²) in [5.74, 6) is -1.49. The molecule has 0 aromatic rings. The van der Waals surface area contributed by atoms with E-state index >= 15 is 0 Å². The fourth-order valence-electron chi connectivity index (χ4n) is 6.72. The highest BCUT2D eigenvalue weighted by Gasteiger charge is 2.79. The molecule has 0 amide bonds. The number of aliphatic hydroxyl groups is 4. The summed E-state index contributed by atoms with van der Waals surface area (Å²) in [6, 6.07) is 0. The molecule has 37 heavy (non-hydrogen) atoms. The van der Waals surface area contributed by atoms with E-state index in [2.05, 4.69) is 0 Å². The zero-order chi connectivity index (χ0) is 24.7. The molecule has 6 fully saturated rings. The minimum atomic E-state index is -2.46. The Labute approximate surface area is 207 Å². The molecular weight excluding hydrogens is 488 g/mol. The molecule has 10 aliphatic rings. The monoisotopic (exact) mass is 506 g/mol. The SMILES string of the molecule is OC1(O)OC1C(OC(C1C=C2OC2=C1)(C1C=C2OC2=C1)C1OC1(O)O)(C1C=C2OC2=C1)C1C=C2OC2=C1. The summed E-state index contributed by atoms with van der Waals surface area (Å²) in [7, 11) is 0. The van der Waals surface area contributed by atoms with Gasteiger partial charge in [0, 0.05) is 23.7 Å². The predicted molar refractivity (Wildman–Crippen MR) is 114 cm³/mol. The summed E-state index contributed by atoms with van der Waals surface area (Å²) in [5, 5.41) is 42.7. The highest BCUT2D eigenvalue weighted by atomic mass is 16.9. The van der Waals surface area contributed by atoms with Crippen molar-refractivity contribution in [1.29, 1.82) is 0 Å².